The highest BCUT2D eigenvalue weighted by atomic mass is 35.5. The molecule has 1 aliphatic rings. The predicted molar refractivity (Wildman–Crippen MR) is 64.9 cm³/mol. The van der Waals surface area contributed by atoms with E-state index in [9.17, 15) is 0 Å². The second-order valence-corrected chi connectivity index (χ2v) is 5.37. The lowest BCUT2D eigenvalue weighted by atomic mass is 10.1. The predicted octanol–water partition coefficient (Wildman–Crippen LogP) is 3.21. The fraction of sp³-hybridized carbons (Fsp3) is 0.364. The second kappa shape index (κ2) is 3.72. The smallest absolute Gasteiger partial charge is 0.155 e. The molecule has 0 radical (unpaired) electrons. The van der Waals surface area contributed by atoms with Crippen LogP contribution in [0.5, 0.6) is 0 Å². The summed E-state index contributed by atoms with van der Waals surface area (Å²) >= 11 is 8.10. The van der Waals surface area contributed by atoms with Gasteiger partial charge in [-0.05, 0) is 24.3 Å². The molecule has 3 heterocycles. The summed E-state index contributed by atoms with van der Waals surface area (Å²) in [7, 11) is 0. The van der Waals surface area contributed by atoms with Crippen LogP contribution in [-0.4, -0.2) is 20.9 Å². The highest BCUT2D eigenvalue weighted by molar-refractivity contribution is 7.99. The number of thioether (sulfide) groups is 1. The van der Waals surface area contributed by atoms with Crippen LogP contribution >= 0.6 is 23.4 Å². The molecule has 1 aliphatic heterocycles. The van der Waals surface area contributed by atoms with Crippen LogP contribution < -0.4 is 0 Å². The molecule has 1 atom stereocenters. The normalized spacial score (nSPS) is 21.3. The Hall–Kier alpha value is -0.670. The first-order valence-corrected chi connectivity index (χ1v) is 6.59. The Balaban J connectivity index is 2.09. The van der Waals surface area contributed by atoms with Gasteiger partial charge in [-0.3, -0.25) is 0 Å². The van der Waals surface area contributed by atoms with E-state index in [1.807, 2.05) is 34.5 Å². The number of imidazole rings is 1. The average Bonchev–Trinajstić information content (AvgIpc) is 2.86. The van der Waals surface area contributed by atoms with E-state index in [1.165, 1.54) is 23.6 Å². The monoisotopic (exact) mass is 238 g/mol. The van der Waals surface area contributed by atoms with E-state index >= 15 is 0 Å². The van der Waals surface area contributed by atoms with Crippen molar-refractivity contribution >= 4 is 29.0 Å². The van der Waals surface area contributed by atoms with E-state index in [1.54, 1.807) is 0 Å². The van der Waals surface area contributed by atoms with Crippen LogP contribution in [0.25, 0.3) is 5.65 Å². The van der Waals surface area contributed by atoms with Gasteiger partial charge >= 0.3 is 0 Å². The summed E-state index contributed by atoms with van der Waals surface area (Å²) in [6.45, 7) is 0. The van der Waals surface area contributed by atoms with Crippen molar-refractivity contribution < 1.29 is 0 Å². The van der Waals surface area contributed by atoms with Gasteiger partial charge < -0.3 is 4.40 Å². The lowest BCUT2D eigenvalue weighted by molar-refractivity contribution is 0.759. The van der Waals surface area contributed by atoms with Crippen LogP contribution in [0.4, 0.5) is 0 Å². The number of hydrogen-bond acceptors (Lipinski definition) is 2. The first-order chi connectivity index (χ1) is 7.34. The van der Waals surface area contributed by atoms with Gasteiger partial charge in [0.25, 0.3) is 0 Å². The lowest BCUT2D eigenvalue weighted by Gasteiger charge is -2.01. The van der Waals surface area contributed by atoms with Crippen molar-refractivity contribution in [2.45, 2.75) is 12.3 Å². The van der Waals surface area contributed by atoms with Crippen LogP contribution in [-0.2, 0) is 0 Å². The third kappa shape index (κ3) is 1.64. The standard InChI is InChI=1S/C11H11ClN2S/c12-9-2-1-4-14-6-10(13-11(9)14)8-3-5-15-7-8/h1-2,4,6,8H,3,5,7H2. The SMILES string of the molecule is Clc1cccn2cc(C3CCSC3)nc12. The average molecular weight is 239 g/mol. The van der Waals surface area contributed by atoms with Crippen molar-refractivity contribution in [1.29, 1.82) is 0 Å². The van der Waals surface area contributed by atoms with Crippen LogP contribution in [0.15, 0.2) is 24.5 Å². The summed E-state index contributed by atoms with van der Waals surface area (Å²) in [6.07, 6.45) is 5.35. The second-order valence-electron chi connectivity index (χ2n) is 3.81. The van der Waals surface area contributed by atoms with Crippen LogP contribution in [0, 0.1) is 0 Å². The molecule has 0 spiro atoms. The van der Waals surface area contributed by atoms with Gasteiger partial charge in [0.1, 0.15) is 0 Å². The van der Waals surface area contributed by atoms with Crippen molar-refractivity contribution in [1.82, 2.24) is 9.38 Å². The summed E-state index contributed by atoms with van der Waals surface area (Å²) in [6, 6.07) is 3.83. The number of rotatable bonds is 1. The van der Waals surface area contributed by atoms with Crippen molar-refractivity contribution in [3.63, 3.8) is 0 Å². The number of halogens is 1. The van der Waals surface area contributed by atoms with Gasteiger partial charge in [0.15, 0.2) is 5.65 Å². The van der Waals surface area contributed by atoms with Crippen LogP contribution in [0.3, 0.4) is 0 Å². The number of pyridine rings is 1. The first kappa shape index (κ1) is 9.55. The minimum absolute atomic E-state index is 0.617. The molecule has 2 nitrogen and oxygen atoms in total. The maximum atomic E-state index is 6.09. The zero-order valence-electron chi connectivity index (χ0n) is 8.19. The largest absolute Gasteiger partial charge is 0.306 e. The molecule has 2 aromatic rings. The molecule has 2 aromatic heterocycles. The molecule has 1 fully saturated rings. The third-order valence-electron chi connectivity index (χ3n) is 2.80. The molecule has 1 saturated heterocycles. The summed E-state index contributed by atoms with van der Waals surface area (Å²) in [5.41, 5.74) is 2.07. The zero-order chi connectivity index (χ0) is 10.3. The zero-order valence-corrected chi connectivity index (χ0v) is 9.76. The first-order valence-electron chi connectivity index (χ1n) is 5.05. The molecule has 0 N–H and O–H groups in total. The molecule has 4 heteroatoms. The maximum absolute atomic E-state index is 6.09. The van der Waals surface area contributed by atoms with Crippen LogP contribution in [0.1, 0.15) is 18.0 Å². The summed E-state index contributed by atoms with van der Waals surface area (Å²) in [5, 5.41) is 0.731. The Kier molecular flexibility index (Phi) is 2.37. The van der Waals surface area contributed by atoms with Gasteiger partial charge in [-0.2, -0.15) is 11.8 Å². The highest BCUT2D eigenvalue weighted by Gasteiger charge is 2.20. The number of fused-ring (bicyclic) bond motifs is 1. The van der Waals surface area contributed by atoms with E-state index in [4.69, 9.17) is 11.6 Å². The molecular formula is C11H11ClN2S. The lowest BCUT2D eigenvalue weighted by Crippen LogP contribution is -1.95. The highest BCUT2D eigenvalue weighted by Crippen LogP contribution is 2.32. The molecule has 0 saturated carbocycles. The molecule has 78 valence electrons. The fourth-order valence-corrected chi connectivity index (χ4v) is 3.41. The Morgan fingerprint density at radius 2 is 2.47 bits per heavy atom. The molecule has 15 heavy (non-hydrogen) atoms. The molecular weight excluding hydrogens is 228 g/mol. The van der Waals surface area contributed by atoms with Crippen molar-refractivity contribution in [2.75, 3.05) is 11.5 Å². The number of aromatic nitrogens is 2. The van der Waals surface area contributed by atoms with Gasteiger partial charge in [0.05, 0.1) is 10.7 Å². The van der Waals surface area contributed by atoms with E-state index in [2.05, 4.69) is 11.2 Å². The van der Waals surface area contributed by atoms with Crippen molar-refractivity contribution in [3.8, 4) is 0 Å². The van der Waals surface area contributed by atoms with Gasteiger partial charge in [-0.25, -0.2) is 4.98 Å². The summed E-state index contributed by atoms with van der Waals surface area (Å²) in [5.74, 6) is 3.07. The summed E-state index contributed by atoms with van der Waals surface area (Å²) < 4.78 is 2.01. The van der Waals surface area contributed by atoms with E-state index in [-0.39, 0.29) is 0 Å². The van der Waals surface area contributed by atoms with E-state index in [0.29, 0.717) is 5.92 Å². The maximum Gasteiger partial charge on any atom is 0.155 e. The Labute approximate surface area is 97.6 Å². The number of nitrogens with zero attached hydrogens (tertiary/aromatic N) is 2. The van der Waals surface area contributed by atoms with Gasteiger partial charge in [0.2, 0.25) is 0 Å². The molecule has 0 bridgehead atoms. The van der Waals surface area contributed by atoms with Crippen molar-refractivity contribution in [3.05, 3.63) is 35.2 Å². The summed E-state index contributed by atoms with van der Waals surface area (Å²) in [4.78, 5) is 4.61. The molecule has 3 rings (SSSR count). The molecule has 0 aromatic carbocycles. The molecule has 0 aliphatic carbocycles. The van der Waals surface area contributed by atoms with Crippen LogP contribution in [0.2, 0.25) is 5.02 Å². The van der Waals surface area contributed by atoms with E-state index in [0.717, 1.165) is 10.7 Å². The van der Waals surface area contributed by atoms with Gasteiger partial charge in [-0.1, -0.05) is 11.6 Å². The fourth-order valence-electron chi connectivity index (χ4n) is 1.96. The quantitative estimate of drug-likeness (QED) is 0.759. The third-order valence-corrected chi connectivity index (χ3v) is 4.26. The minimum Gasteiger partial charge on any atom is -0.306 e. The van der Waals surface area contributed by atoms with E-state index < -0.39 is 0 Å². The molecule has 1 unspecified atom stereocenters. The van der Waals surface area contributed by atoms with Crippen molar-refractivity contribution in [2.24, 2.45) is 0 Å². The Morgan fingerprint density at radius 1 is 1.53 bits per heavy atom. The number of hydrogen-bond donors (Lipinski definition) is 0. The Bertz CT molecular complexity index is 488. The van der Waals surface area contributed by atoms with Gasteiger partial charge in [0, 0.05) is 24.1 Å². The molecule has 0 amide bonds. The minimum atomic E-state index is 0.617. The Morgan fingerprint density at radius 3 is 3.20 bits per heavy atom. The topological polar surface area (TPSA) is 17.3 Å². The van der Waals surface area contributed by atoms with Gasteiger partial charge in [-0.15, -0.1) is 0 Å².